The Morgan fingerprint density at radius 1 is 1.60 bits per heavy atom. The number of nitro benzene ring substituents is 1. The summed E-state index contributed by atoms with van der Waals surface area (Å²) in [5.74, 6) is 5.84. The maximum atomic E-state index is 10.6. The molecule has 0 unspecified atom stereocenters. The average molecular weight is 226 g/mol. The molecule has 0 atom stereocenters. The van der Waals surface area contributed by atoms with Gasteiger partial charge in [0.15, 0.2) is 0 Å². The molecule has 0 bridgehead atoms. The minimum Gasteiger partial charge on any atom is -0.497 e. The lowest BCUT2D eigenvalue weighted by atomic mass is 10.2. The lowest BCUT2D eigenvalue weighted by molar-refractivity contribution is -0.385. The average Bonchev–Trinajstić information content (AvgIpc) is 2.25. The monoisotopic (exact) mass is 225 g/mol. The van der Waals surface area contributed by atoms with Crippen molar-refractivity contribution in [3.05, 3.63) is 33.9 Å². The first kappa shape index (κ1) is 11.3. The van der Waals surface area contributed by atoms with Crippen LogP contribution in [0.1, 0.15) is 5.56 Å². The molecule has 0 aliphatic heterocycles. The molecular formula is C10H8ClNO3. The summed E-state index contributed by atoms with van der Waals surface area (Å²) < 4.78 is 4.95. The highest BCUT2D eigenvalue weighted by molar-refractivity contribution is 6.19. The van der Waals surface area contributed by atoms with Gasteiger partial charge >= 0.3 is 0 Å². The molecule has 0 saturated carbocycles. The molecule has 0 radical (unpaired) electrons. The maximum absolute atomic E-state index is 10.6. The van der Waals surface area contributed by atoms with Crippen molar-refractivity contribution in [3.8, 4) is 17.6 Å². The summed E-state index contributed by atoms with van der Waals surface area (Å²) in [7, 11) is 1.49. The van der Waals surface area contributed by atoms with Crippen LogP contribution in [0.3, 0.4) is 0 Å². The molecule has 15 heavy (non-hydrogen) atoms. The van der Waals surface area contributed by atoms with Gasteiger partial charge in [0.1, 0.15) is 11.3 Å². The van der Waals surface area contributed by atoms with Crippen molar-refractivity contribution >= 4 is 17.3 Å². The number of methoxy groups -OCH3 is 1. The van der Waals surface area contributed by atoms with E-state index in [0.29, 0.717) is 11.3 Å². The maximum Gasteiger partial charge on any atom is 0.285 e. The molecule has 0 aliphatic rings. The topological polar surface area (TPSA) is 52.4 Å². The van der Waals surface area contributed by atoms with Crippen molar-refractivity contribution in [2.75, 3.05) is 13.0 Å². The van der Waals surface area contributed by atoms with Gasteiger partial charge in [-0.05, 0) is 6.07 Å². The number of halogens is 1. The fraction of sp³-hybridized carbons (Fsp3) is 0.200. The fourth-order valence-electron chi connectivity index (χ4n) is 1.03. The van der Waals surface area contributed by atoms with Crippen LogP contribution in [-0.4, -0.2) is 17.9 Å². The lowest BCUT2D eigenvalue weighted by Gasteiger charge is -2.00. The van der Waals surface area contributed by atoms with Crippen LogP contribution >= 0.6 is 11.6 Å². The zero-order chi connectivity index (χ0) is 11.3. The Kier molecular flexibility index (Phi) is 3.95. The van der Waals surface area contributed by atoms with Crippen molar-refractivity contribution in [1.82, 2.24) is 0 Å². The largest absolute Gasteiger partial charge is 0.497 e. The van der Waals surface area contributed by atoms with E-state index in [9.17, 15) is 10.1 Å². The molecule has 0 aromatic heterocycles. The van der Waals surface area contributed by atoms with E-state index in [2.05, 4.69) is 11.8 Å². The van der Waals surface area contributed by atoms with E-state index in [1.54, 1.807) is 0 Å². The Labute approximate surface area is 92.0 Å². The zero-order valence-electron chi connectivity index (χ0n) is 7.99. The first-order valence-electron chi connectivity index (χ1n) is 4.06. The second-order valence-electron chi connectivity index (χ2n) is 2.58. The van der Waals surface area contributed by atoms with E-state index in [1.165, 1.54) is 25.3 Å². The predicted octanol–water partition coefficient (Wildman–Crippen LogP) is 2.19. The molecule has 0 N–H and O–H groups in total. The third-order valence-corrected chi connectivity index (χ3v) is 1.82. The van der Waals surface area contributed by atoms with E-state index in [0.717, 1.165) is 0 Å². The number of alkyl halides is 1. The molecule has 5 heteroatoms. The molecule has 0 aliphatic carbocycles. The summed E-state index contributed by atoms with van der Waals surface area (Å²) >= 11 is 5.38. The van der Waals surface area contributed by atoms with Crippen LogP contribution in [0, 0.1) is 22.0 Å². The molecule has 1 aromatic carbocycles. The summed E-state index contributed by atoms with van der Waals surface area (Å²) in [6, 6.07) is 4.39. The van der Waals surface area contributed by atoms with Gasteiger partial charge in [-0.15, -0.1) is 11.6 Å². The highest BCUT2D eigenvalue weighted by atomic mass is 35.5. The van der Waals surface area contributed by atoms with E-state index in [-0.39, 0.29) is 11.6 Å². The highest BCUT2D eigenvalue weighted by Crippen LogP contribution is 2.22. The van der Waals surface area contributed by atoms with Gasteiger partial charge in [0, 0.05) is 12.1 Å². The van der Waals surface area contributed by atoms with Gasteiger partial charge in [-0.1, -0.05) is 11.8 Å². The van der Waals surface area contributed by atoms with Gasteiger partial charge in [-0.2, -0.15) is 0 Å². The van der Waals surface area contributed by atoms with E-state index in [4.69, 9.17) is 16.3 Å². The van der Waals surface area contributed by atoms with Crippen molar-refractivity contribution < 1.29 is 9.66 Å². The summed E-state index contributed by atoms with van der Waals surface area (Å²) in [5.41, 5.74) is 0.258. The van der Waals surface area contributed by atoms with Crippen molar-refractivity contribution in [2.45, 2.75) is 0 Å². The van der Waals surface area contributed by atoms with Crippen LogP contribution in [0.15, 0.2) is 18.2 Å². The molecule has 0 fully saturated rings. The lowest BCUT2D eigenvalue weighted by Crippen LogP contribution is -1.93. The number of hydrogen-bond donors (Lipinski definition) is 0. The summed E-state index contributed by atoms with van der Waals surface area (Å²) in [6.07, 6.45) is 0. The Bertz CT molecular complexity index is 434. The number of nitro groups is 1. The SMILES string of the molecule is COc1ccc([N+](=O)[O-])c(C#CCCl)c1. The van der Waals surface area contributed by atoms with Crippen LogP contribution in [0.4, 0.5) is 5.69 Å². The smallest absolute Gasteiger partial charge is 0.285 e. The first-order valence-corrected chi connectivity index (χ1v) is 4.59. The van der Waals surface area contributed by atoms with Crippen molar-refractivity contribution in [2.24, 2.45) is 0 Å². The van der Waals surface area contributed by atoms with Gasteiger partial charge in [0.25, 0.3) is 5.69 Å². The standard InChI is InChI=1S/C10H8ClNO3/c1-15-9-4-5-10(12(13)14)8(7-9)3-2-6-11/h4-5,7H,6H2,1H3. The number of benzene rings is 1. The summed E-state index contributed by atoms with van der Waals surface area (Å²) in [4.78, 5) is 10.2. The van der Waals surface area contributed by atoms with Crippen LogP contribution in [0.5, 0.6) is 5.75 Å². The number of rotatable bonds is 2. The molecule has 0 spiro atoms. The van der Waals surface area contributed by atoms with E-state index < -0.39 is 4.92 Å². The second kappa shape index (κ2) is 5.23. The Morgan fingerprint density at radius 3 is 2.87 bits per heavy atom. The summed E-state index contributed by atoms with van der Waals surface area (Å²) in [6.45, 7) is 0. The van der Waals surface area contributed by atoms with Crippen LogP contribution < -0.4 is 4.74 Å². The summed E-state index contributed by atoms with van der Waals surface area (Å²) in [5, 5.41) is 10.6. The van der Waals surface area contributed by atoms with Gasteiger partial charge < -0.3 is 4.74 Å². The van der Waals surface area contributed by atoms with Crippen LogP contribution in [-0.2, 0) is 0 Å². The molecule has 0 heterocycles. The predicted molar refractivity (Wildman–Crippen MR) is 57.2 cm³/mol. The second-order valence-corrected chi connectivity index (χ2v) is 2.84. The fourth-order valence-corrected chi connectivity index (χ4v) is 1.10. The quantitative estimate of drug-likeness (QED) is 0.336. The normalized spacial score (nSPS) is 8.93. The van der Waals surface area contributed by atoms with Gasteiger partial charge in [0.2, 0.25) is 0 Å². The number of ether oxygens (including phenoxy) is 1. The molecule has 4 nitrogen and oxygen atoms in total. The van der Waals surface area contributed by atoms with Gasteiger partial charge in [0.05, 0.1) is 17.9 Å². The molecule has 0 saturated heterocycles. The first-order chi connectivity index (χ1) is 7.19. The van der Waals surface area contributed by atoms with E-state index >= 15 is 0 Å². The Hall–Kier alpha value is -1.73. The molecule has 78 valence electrons. The molecule has 1 rings (SSSR count). The minimum absolute atomic E-state index is 0.0478. The van der Waals surface area contributed by atoms with Gasteiger partial charge in [-0.25, -0.2) is 0 Å². The number of hydrogen-bond acceptors (Lipinski definition) is 3. The Morgan fingerprint density at radius 2 is 2.33 bits per heavy atom. The Balaban J connectivity index is 3.22. The van der Waals surface area contributed by atoms with Crippen molar-refractivity contribution in [1.29, 1.82) is 0 Å². The zero-order valence-corrected chi connectivity index (χ0v) is 8.75. The van der Waals surface area contributed by atoms with Gasteiger partial charge in [-0.3, -0.25) is 10.1 Å². The van der Waals surface area contributed by atoms with Crippen LogP contribution in [0.2, 0.25) is 0 Å². The third-order valence-electron chi connectivity index (χ3n) is 1.69. The molecule has 1 aromatic rings. The van der Waals surface area contributed by atoms with E-state index in [1.807, 2.05) is 0 Å². The molecular weight excluding hydrogens is 218 g/mol. The highest BCUT2D eigenvalue weighted by Gasteiger charge is 2.12. The van der Waals surface area contributed by atoms with Crippen molar-refractivity contribution in [3.63, 3.8) is 0 Å². The molecule has 0 amide bonds. The minimum atomic E-state index is -0.488. The third kappa shape index (κ3) is 2.86. The van der Waals surface area contributed by atoms with Crippen LogP contribution in [0.25, 0.3) is 0 Å². The number of nitrogens with zero attached hydrogens (tertiary/aromatic N) is 1.